The Morgan fingerprint density at radius 1 is 1.11 bits per heavy atom. The van der Waals surface area contributed by atoms with E-state index in [0.717, 1.165) is 38.0 Å². The van der Waals surface area contributed by atoms with Crippen molar-refractivity contribution in [1.29, 1.82) is 0 Å². The number of rotatable bonds is 4. The lowest BCUT2D eigenvalue weighted by atomic mass is 10.1. The topological polar surface area (TPSA) is 58.1 Å². The fourth-order valence-electron chi connectivity index (χ4n) is 3.47. The maximum Gasteiger partial charge on any atom is 0.257 e. The smallest absolute Gasteiger partial charge is 0.257 e. The van der Waals surface area contributed by atoms with Gasteiger partial charge in [-0.1, -0.05) is 6.07 Å². The van der Waals surface area contributed by atoms with Crippen LogP contribution in [0.15, 0.2) is 48.8 Å². The highest BCUT2D eigenvalue weighted by atomic mass is 19.1. The first-order valence-electron chi connectivity index (χ1n) is 9.24. The van der Waals surface area contributed by atoms with Crippen molar-refractivity contribution < 1.29 is 9.18 Å². The zero-order chi connectivity index (χ0) is 18.6. The third-order valence-corrected chi connectivity index (χ3v) is 4.88. The molecule has 4 rings (SSSR count). The van der Waals surface area contributed by atoms with Gasteiger partial charge in [0.25, 0.3) is 5.91 Å². The first kappa shape index (κ1) is 17.4. The first-order chi connectivity index (χ1) is 13.2. The molecule has 0 spiro atoms. The minimum absolute atomic E-state index is 0.0584. The molecule has 1 aliphatic heterocycles. The molecular weight excluding hydrogens is 343 g/mol. The van der Waals surface area contributed by atoms with Gasteiger partial charge in [-0.2, -0.15) is 0 Å². The van der Waals surface area contributed by atoms with Crippen molar-refractivity contribution in [3.8, 4) is 0 Å². The molecule has 27 heavy (non-hydrogen) atoms. The van der Waals surface area contributed by atoms with Crippen molar-refractivity contribution in [2.45, 2.75) is 25.8 Å². The van der Waals surface area contributed by atoms with Crippen LogP contribution in [0.3, 0.4) is 0 Å². The Morgan fingerprint density at radius 3 is 2.74 bits per heavy atom. The highest BCUT2D eigenvalue weighted by Crippen LogP contribution is 2.29. The molecule has 1 aliphatic rings. The zero-order valence-corrected chi connectivity index (χ0v) is 15.0. The van der Waals surface area contributed by atoms with Crippen molar-refractivity contribution >= 4 is 22.5 Å². The minimum Gasteiger partial charge on any atom is -0.378 e. The van der Waals surface area contributed by atoms with Gasteiger partial charge in [-0.3, -0.25) is 14.8 Å². The fourth-order valence-corrected chi connectivity index (χ4v) is 3.47. The molecule has 0 aliphatic carbocycles. The molecule has 1 N–H and O–H groups in total. The average Bonchev–Trinajstić information content (AvgIpc) is 2.72. The summed E-state index contributed by atoms with van der Waals surface area (Å²) in [5.74, 6) is -0.412. The summed E-state index contributed by atoms with van der Waals surface area (Å²) in [6.07, 6.45) is 6.49. The number of piperidine rings is 1. The molecule has 138 valence electrons. The van der Waals surface area contributed by atoms with Gasteiger partial charge < -0.3 is 10.2 Å². The standard InChI is InChI=1S/C21H21FN4O/c22-15-7-8-19-17(12-15)20(25-13-16-6-2-3-9-23-16)18(14-24-19)21(27)26-10-4-1-5-11-26/h2-3,6-9,12,14H,1,4-5,10-11,13H2,(H,24,25). The first-order valence-corrected chi connectivity index (χ1v) is 9.24. The van der Waals surface area contributed by atoms with E-state index in [4.69, 9.17) is 0 Å². The van der Waals surface area contributed by atoms with Crippen LogP contribution in [0.5, 0.6) is 0 Å². The maximum atomic E-state index is 13.9. The minimum atomic E-state index is -0.354. The molecule has 5 nitrogen and oxygen atoms in total. The number of benzene rings is 1. The summed E-state index contributed by atoms with van der Waals surface area (Å²) in [6, 6.07) is 10.1. The van der Waals surface area contributed by atoms with Gasteiger partial charge in [0.2, 0.25) is 0 Å². The predicted octanol–water partition coefficient (Wildman–Crippen LogP) is 4.01. The van der Waals surface area contributed by atoms with E-state index in [1.165, 1.54) is 12.1 Å². The van der Waals surface area contributed by atoms with Crippen molar-refractivity contribution in [2.75, 3.05) is 18.4 Å². The highest BCUT2D eigenvalue weighted by Gasteiger charge is 2.23. The van der Waals surface area contributed by atoms with Gasteiger partial charge >= 0.3 is 0 Å². The number of fused-ring (bicyclic) bond motifs is 1. The summed E-state index contributed by atoms with van der Waals surface area (Å²) in [5, 5.41) is 3.91. The second-order valence-corrected chi connectivity index (χ2v) is 6.74. The lowest BCUT2D eigenvalue weighted by molar-refractivity contribution is 0.0725. The SMILES string of the molecule is O=C(c1cnc2ccc(F)cc2c1NCc1ccccn1)N1CCCCC1. The summed E-state index contributed by atoms with van der Waals surface area (Å²) in [4.78, 5) is 23.6. The Labute approximate surface area is 157 Å². The van der Waals surface area contributed by atoms with Crippen molar-refractivity contribution in [3.05, 3.63) is 65.9 Å². The van der Waals surface area contributed by atoms with E-state index < -0.39 is 0 Å². The number of carbonyl (C=O) groups is 1. The third kappa shape index (κ3) is 3.74. The van der Waals surface area contributed by atoms with Crippen LogP contribution in [0.2, 0.25) is 0 Å². The Kier molecular flexibility index (Phi) is 4.96. The Hall–Kier alpha value is -3.02. The molecule has 0 radical (unpaired) electrons. The van der Waals surface area contributed by atoms with Crippen molar-refractivity contribution in [3.63, 3.8) is 0 Å². The van der Waals surface area contributed by atoms with E-state index >= 15 is 0 Å². The summed E-state index contributed by atoms with van der Waals surface area (Å²) >= 11 is 0. The third-order valence-electron chi connectivity index (χ3n) is 4.88. The molecule has 0 unspecified atom stereocenters. The molecule has 0 saturated carbocycles. The number of hydrogen-bond acceptors (Lipinski definition) is 4. The van der Waals surface area contributed by atoms with Gasteiger partial charge in [-0.25, -0.2) is 4.39 Å². The van der Waals surface area contributed by atoms with Gasteiger partial charge in [0.1, 0.15) is 5.82 Å². The number of hydrogen-bond donors (Lipinski definition) is 1. The summed E-state index contributed by atoms with van der Waals surface area (Å²) in [6.45, 7) is 1.94. The van der Waals surface area contributed by atoms with Crippen LogP contribution in [-0.2, 0) is 6.54 Å². The second kappa shape index (κ2) is 7.70. The lowest BCUT2D eigenvalue weighted by Crippen LogP contribution is -2.36. The Bertz CT molecular complexity index is 955. The molecule has 2 aromatic heterocycles. The number of carbonyl (C=O) groups excluding carboxylic acids is 1. The van der Waals surface area contributed by atoms with E-state index in [1.807, 2.05) is 23.1 Å². The maximum absolute atomic E-state index is 13.9. The quantitative estimate of drug-likeness (QED) is 0.760. The molecule has 1 saturated heterocycles. The van der Waals surface area contributed by atoms with Crippen LogP contribution < -0.4 is 5.32 Å². The Balaban J connectivity index is 1.73. The number of likely N-dealkylation sites (tertiary alicyclic amines) is 1. The number of amides is 1. The molecule has 3 aromatic rings. The average molecular weight is 364 g/mol. The monoisotopic (exact) mass is 364 g/mol. The Morgan fingerprint density at radius 2 is 1.96 bits per heavy atom. The molecule has 1 fully saturated rings. The summed E-state index contributed by atoms with van der Waals surface area (Å²) < 4.78 is 13.9. The van der Waals surface area contributed by atoms with Gasteiger partial charge in [0.05, 0.1) is 29.0 Å². The van der Waals surface area contributed by atoms with Gasteiger partial charge in [-0.15, -0.1) is 0 Å². The van der Waals surface area contributed by atoms with Gasteiger partial charge in [0, 0.05) is 30.9 Å². The number of aromatic nitrogens is 2. The lowest BCUT2D eigenvalue weighted by Gasteiger charge is -2.27. The van der Waals surface area contributed by atoms with Crippen LogP contribution >= 0.6 is 0 Å². The van der Waals surface area contributed by atoms with E-state index in [2.05, 4.69) is 15.3 Å². The molecular formula is C21H21FN4O. The highest BCUT2D eigenvalue weighted by molar-refractivity contribution is 6.07. The zero-order valence-electron chi connectivity index (χ0n) is 15.0. The number of pyridine rings is 2. The van der Waals surface area contributed by atoms with Crippen molar-refractivity contribution in [2.24, 2.45) is 0 Å². The number of halogens is 1. The largest absolute Gasteiger partial charge is 0.378 e. The van der Waals surface area contributed by atoms with E-state index in [-0.39, 0.29) is 11.7 Å². The summed E-state index contributed by atoms with van der Waals surface area (Å²) in [5.41, 5.74) is 2.58. The molecule has 6 heteroatoms. The van der Waals surface area contributed by atoms with Crippen LogP contribution in [0.4, 0.5) is 10.1 Å². The van der Waals surface area contributed by atoms with Gasteiger partial charge in [-0.05, 0) is 49.6 Å². The number of nitrogens with one attached hydrogen (secondary N) is 1. The van der Waals surface area contributed by atoms with Gasteiger partial charge in [0.15, 0.2) is 0 Å². The van der Waals surface area contributed by atoms with Crippen LogP contribution in [-0.4, -0.2) is 33.9 Å². The molecule has 1 aromatic carbocycles. The van der Waals surface area contributed by atoms with E-state index in [1.54, 1.807) is 18.5 Å². The van der Waals surface area contributed by atoms with Crippen LogP contribution in [0.25, 0.3) is 10.9 Å². The normalized spacial score (nSPS) is 14.3. The van der Waals surface area contributed by atoms with Crippen molar-refractivity contribution in [1.82, 2.24) is 14.9 Å². The van der Waals surface area contributed by atoms with Crippen LogP contribution in [0, 0.1) is 5.82 Å². The fraction of sp³-hybridized carbons (Fsp3) is 0.286. The predicted molar refractivity (Wildman–Crippen MR) is 103 cm³/mol. The number of anilines is 1. The molecule has 0 atom stereocenters. The number of nitrogens with zero attached hydrogens (tertiary/aromatic N) is 3. The van der Waals surface area contributed by atoms with E-state index in [9.17, 15) is 9.18 Å². The molecule has 1 amide bonds. The second-order valence-electron chi connectivity index (χ2n) is 6.74. The van der Waals surface area contributed by atoms with E-state index in [0.29, 0.717) is 28.7 Å². The van der Waals surface area contributed by atoms with Crippen LogP contribution in [0.1, 0.15) is 35.3 Å². The summed E-state index contributed by atoms with van der Waals surface area (Å²) in [7, 11) is 0. The molecule has 0 bridgehead atoms. The molecule has 3 heterocycles.